The minimum absolute atomic E-state index is 0.288. The molecule has 0 bridgehead atoms. The lowest BCUT2D eigenvalue weighted by molar-refractivity contribution is 0.599. The Hall–Kier alpha value is -2.77. The number of aromatic nitrogens is 1. The van der Waals surface area contributed by atoms with Crippen molar-refractivity contribution >= 4 is 37.3 Å². The second-order valence-electron chi connectivity index (χ2n) is 6.56. The van der Waals surface area contributed by atoms with Crippen molar-refractivity contribution in [3.63, 3.8) is 0 Å². The van der Waals surface area contributed by atoms with Crippen LogP contribution >= 0.6 is 11.3 Å². The summed E-state index contributed by atoms with van der Waals surface area (Å²) in [5.74, 6) is -0.743. The Morgan fingerprint density at radius 1 is 1.04 bits per heavy atom. The summed E-state index contributed by atoms with van der Waals surface area (Å²) in [4.78, 5) is 4.64. The molecule has 1 heterocycles. The van der Waals surface area contributed by atoms with E-state index in [9.17, 15) is 12.8 Å². The summed E-state index contributed by atoms with van der Waals surface area (Å²) in [7, 11) is -3.64. The summed E-state index contributed by atoms with van der Waals surface area (Å²) in [6.45, 7) is 2.05. The third-order valence-corrected chi connectivity index (χ3v) is 6.52. The molecular weight excluding hydrogens is 395 g/mol. The van der Waals surface area contributed by atoms with Gasteiger partial charge in [0.1, 0.15) is 10.8 Å². The van der Waals surface area contributed by atoms with Crippen molar-refractivity contribution < 1.29 is 12.8 Å². The average Bonchev–Trinajstić information content (AvgIpc) is 3.04. The topological polar surface area (TPSA) is 59.1 Å². The molecule has 0 aliphatic rings. The maximum atomic E-state index is 13.3. The van der Waals surface area contributed by atoms with Crippen LogP contribution in [0.15, 0.2) is 66.7 Å². The lowest BCUT2D eigenvalue weighted by atomic mass is 10.2. The van der Waals surface area contributed by atoms with Crippen LogP contribution in [0, 0.1) is 12.7 Å². The number of sulfonamides is 1. The van der Waals surface area contributed by atoms with Crippen molar-refractivity contribution in [3.05, 3.63) is 83.7 Å². The fourth-order valence-corrected chi connectivity index (χ4v) is 5.15. The first-order valence-electron chi connectivity index (χ1n) is 8.60. The lowest BCUT2D eigenvalue weighted by Gasteiger charge is -2.08. The Balaban J connectivity index is 1.52. The Labute approximate surface area is 166 Å². The lowest BCUT2D eigenvalue weighted by Crippen LogP contribution is -2.15. The van der Waals surface area contributed by atoms with Gasteiger partial charge in [-0.1, -0.05) is 18.2 Å². The first-order valence-corrected chi connectivity index (χ1v) is 11.1. The van der Waals surface area contributed by atoms with Crippen molar-refractivity contribution in [2.75, 3.05) is 4.72 Å². The summed E-state index contributed by atoms with van der Waals surface area (Å²) in [6, 6.07) is 18.8. The molecule has 4 rings (SSSR count). The maximum Gasteiger partial charge on any atom is 0.236 e. The number of rotatable bonds is 5. The molecule has 0 spiro atoms. The van der Waals surface area contributed by atoms with Gasteiger partial charge in [-0.15, -0.1) is 11.3 Å². The number of fused-ring (bicyclic) bond motifs is 1. The molecule has 4 aromatic rings. The van der Waals surface area contributed by atoms with E-state index in [0.717, 1.165) is 20.8 Å². The summed E-state index contributed by atoms with van der Waals surface area (Å²) >= 11 is 1.60. The molecule has 0 saturated heterocycles. The van der Waals surface area contributed by atoms with Gasteiger partial charge in [-0.05, 0) is 66.6 Å². The van der Waals surface area contributed by atoms with Crippen LogP contribution in [0.3, 0.4) is 0 Å². The minimum Gasteiger partial charge on any atom is -0.283 e. The fraction of sp³-hybridized carbons (Fsp3) is 0.0952. The molecule has 0 amide bonds. The molecule has 142 valence electrons. The minimum atomic E-state index is -3.64. The largest absolute Gasteiger partial charge is 0.283 e. The summed E-state index contributed by atoms with van der Waals surface area (Å²) in [5.41, 5.74) is 3.91. The van der Waals surface area contributed by atoms with Crippen molar-refractivity contribution in [3.8, 4) is 10.6 Å². The molecule has 1 aromatic heterocycles. The van der Waals surface area contributed by atoms with Gasteiger partial charge in [0.2, 0.25) is 10.0 Å². The highest BCUT2D eigenvalue weighted by atomic mass is 32.2. The molecular formula is C21H17FN2O2S2. The van der Waals surface area contributed by atoms with E-state index in [1.165, 1.54) is 23.8 Å². The Morgan fingerprint density at radius 3 is 2.57 bits per heavy atom. The highest BCUT2D eigenvalue weighted by Crippen LogP contribution is 2.31. The standard InChI is InChI=1S/C21H17FN2O2S2/c1-14-5-10-19-20(11-14)27-21(23-19)16-6-8-18(9-7-16)24-28(25,26)13-15-3-2-4-17(22)12-15/h2-12,24H,13H2,1H3. The van der Waals surface area contributed by atoms with E-state index in [2.05, 4.69) is 15.8 Å². The number of hydrogen-bond acceptors (Lipinski definition) is 4. The molecule has 0 aliphatic carbocycles. The van der Waals surface area contributed by atoms with E-state index in [1.54, 1.807) is 29.5 Å². The van der Waals surface area contributed by atoms with Gasteiger partial charge in [0, 0.05) is 11.3 Å². The average molecular weight is 413 g/mol. The van der Waals surface area contributed by atoms with Gasteiger partial charge in [-0.2, -0.15) is 0 Å². The van der Waals surface area contributed by atoms with Crippen LogP contribution in [0.4, 0.5) is 10.1 Å². The number of benzene rings is 3. The molecule has 0 radical (unpaired) electrons. The quantitative estimate of drug-likeness (QED) is 0.480. The van der Waals surface area contributed by atoms with E-state index in [4.69, 9.17) is 0 Å². The van der Waals surface area contributed by atoms with Crippen LogP contribution in [-0.4, -0.2) is 13.4 Å². The van der Waals surface area contributed by atoms with Gasteiger partial charge in [-0.25, -0.2) is 17.8 Å². The van der Waals surface area contributed by atoms with Gasteiger partial charge < -0.3 is 0 Å². The third-order valence-electron chi connectivity index (χ3n) is 4.19. The van der Waals surface area contributed by atoms with Gasteiger partial charge in [0.05, 0.1) is 16.0 Å². The third kappa shape index (κ3) is 4.21. The van der Waals surface area contributed by atoms with Crippen LogP contribution in [0.1, 0.15) is 11.1 Å². The van der Waals surface area contributed by atoms with Crippen LogP contribution in [0.25, 0.3) is 20.8 Å². The highest BCUT2D eigenvalue weighted by Gasteiger charge is 2.13. The summed E-state index contributed by atoms with van der Waals surface area (Å²) in [6.07, 6.45) is 0. The van der Waals surface area contributed by atoms with Crippen LogP contribution in [0.2, 0.25) is 0 Å². The number of aryl methyl sites for hydroxylation is 1. The summed E-state index contributed by atoms with van der Waals surface area (Å²) in [5, 5.41) is 0.884. The second kappa shape index (κ2) is 7.33. The molecule has 0 unspecified atom stereocenters. The molecule has 28 heavy (non-hydrogen) atoms. The summed E-state index contributed by atoms with van der Waals surface area (Å²) < 4.78 is 41.6. The van der Waals surface area contributed by atoms with Crippen LogP contribution in [0.5, 0.6) is 0 Å². The molecule has 4 nitrogen and oxygen atoms in total. The highest BCUT2D eigenvalue weighted by molar-refractivity contribution is 7.91. The van der Waals surface area contributed by atoms with Crippen LogP contribution in [-0.2, 0) is 15.8 Å². The molecule has 3 aromatic carbocycles. The number of nitrogens with zero attached hydrogens (tertiary/aromatic N) is 1. The first-order chi connectivity index (χ1) is 13.4. The van der Waals surface area contributed by atoms with E-state index in [-0.39, 0.29) is 5.75 Å². The van der Waals surface area contributed by atoms with Gasteiger partial charge in [0.25, 0.3) is 0 Å². The molecule has 1 N–H and O–H groups in total. The first kappa shape index (κ1) is 18.6. The molecule has 0 fully saturated rings. The zero-order valence-corrected chi connectivity index (χ0v) is 16.6. The smallest absolute Gasteiger partial charge is 0.236 e. The van der Waals surface area contributed by atoms with Gasteiger partial charge in [0.15, 0.2) is 0 Å². The zero-order chi connectivity index (χ0) is 19.7. The molecule has 0 aliphatic heterocycles. The number of halogens is 1. The van der Waals surface area contributed by atoms with E-state index in [0.29, 0.717) is 11.3 Å². The monoisotopic (exact) mass is 412 g/mol. The van der Waals surface area contributed by atoms with E-state index >= 15 is 0 Å². The van der Waals surface area contributed by atoms with E-state index in [1.807, 2.05) is 31.2 Å². The molecule has 0 atom stereocenters. The number of anilines is 1. The normalized spacial score (nSPS) is 11.6. The van der Waals surface area contributed by atoms with Gasteiger partial charge in [-0.3, -0.25) is 4.72 Å². The molecule has 0 saturated carbocycles. The van der Waals surface area contributed by atoms with Gasteiger partial charge >= 0.3 is 0 Å². The Kier molecular flexibility index (Phi) is 4.87. The van der Waals surface area contributed by atoms with Crippen molar-refractivity contribution in [2.45, 2.75) is 12.7 Å². The second-order valence-corrected chi connectivity index (χ2v) is 9.31. The number of nitrogens with one attached hydrogen (secondary N) is 1. The van der Waals surface area contributed by atoms with Crippen molar-refractivity contribution in [1.82, 2.24) is 4.98 Å². The van der Waals surface area contributed by atoms with Crippen molar-refractivity contribution in [1.29, 1.82) is 0 Å². The zero-order valence-electron chi connectivity index (χ0n) is 15.0. The van der Waals surface area contributed by atoms with Crippen molar-refractivity contribution in [2.24, 2.45) is 0 Å². The Morgan fingerprint density at radius 2 is 1.82 bits per heavy atom. The predicted octanol–water partition coefficient (Wildman–Crippen LogP) is 5.35. The molecule has 7 heteroatoms. The maximum absolute atomic E-state index is 13.3. The van der Waals surface area contributed by atoms with E-state index < -0.39 is 15.8 Å². The Bertz CT molecular complexity index is 1250. The van der Waals surface area contributed by atoms with Crippen LogP contribution < -0.4 is 4.72 Å². The SMILES string of the molecule is Cc1ccc2nc(-c3ccc(NS(=O)(=O)Cc4cccc(F)c4)cc3)sc2c1. The number of thiazole rings is 1. The fourth-order valence-electron chi connectivity index (χ4n) is 2.90. The predicted molar refractivity (Wildman–Crippen MR) is 112 cm³/mol. The number of hydrogen-bond donors (Lipinski definition) is 1.